The summed E-state index contributed by atoms with van der Waals surface area (Å²) in [5.41, 5.74) is 2.93. The Morgan fingerprint density at radius 3 is 2.68 bits per heavy atom. The van der Waals surface area contributed by atoms with E-state index in [0.29, 0.717) is 5.82 Å². The molecule has 0 fully saturated rings. The number of carbonyl (C=O) groups excluding carboxylic acids is 1. The van der Waals surface area contributed by atoms with Gasteiger partial charge < -0.3 is 9.64 Å². The van der Waals surface area contributed by atoms with Crippen LogP contribution in [0, 0.1) is 0 Å². The zero-order valence-electron chi connectivity index (χ0n) is 15.2. The monoisotopic (exact) mass is 340 g/mol. The summed E-state index contributed by atoms with van der Waals surface area (Å²) in [7, 11) is 1.88. The topological polar surface area (TPSA) is 68.2 Å². The van der Waals surface area contributed by atoms with Crippen LogP contribution in [0.4, 0.5) is 5.82 Å². The van der Waals surface area contributed by atoms with Gasteiger partial charge in [0.2, 0.25) is 0 Å². The van der Waals surface area contributed by atoms with Crippen LogP contribution in [0.15, 0.2) is 24.4 Å². The van der Waals surface area contributed by atoms with E-state index in [-0.39, 0.29) is 12.1 Å². The van der Waals surface area contributed by atoms with Crippen LogP contribution in [0.25, 0.3) is 11.5 Å². The molecule has 6 nitrogen and oxygen atoms in total. The van der Waals surface area contributed by atoms with Gasteiger partial charge in [0, 0.05) is 24.5 Å². The summed E-state index contributed by atoms with van der Waals surface area (Å²) in [5, 5.41) is 0. The largest absolute Gasteiger partial charge is 0.461 e. The molecule has 0 saturated heterocycles. The van der Waals surface area contributed by atoms with Crippen molar-refractivity contribution in [1.82, 2.24) is 15.0 Å². The predicted octanol–water partition coefficient (Wildman–Crippen LogP) is 2.80. The molecule has 0 saturated carbocycles. The third-order valence-electron chi connectivity index (χ3n) is 4.41. The predicted molar refractivity (Wildman–Crippen MR) is 96.4 cm³/mol. The Morgan fingerprint density at radius 2 is 2.00 bits per heavy atom. The van der Waals surface area contributed by atoms with E-state index in [0.717, 1.165) is 42.0 Å². The molecule has 2 aromatic heterocycles. The number of aromatic nitrogens is 3. The van der Waals surface area contributed by atoms with E-state index in [1.54, 1.807) is 6.20 Å². The first-order valence-corrected chi connectivity index (χ1v) is 8.72. The molecular weight excluding hydrogens is 316 g/mol. The molecule has 3 rings (SSSR count). The average molecular weight is 340 g/mol. The van der Waals surface area contributed by atoms with Crippen molar-refractivity contribution >= 4 is 11.8 Å². The summed E-state index contributed by atoms with van der Waals surface area (Å²) >= 11 is 0. The summed E-state index contributed by atoms with van der Waals surface area (Å²) in [6, 6.07) is 5.27. The molecule has 1 unspecified atom stereocenters. The van der Waals surface area contributed by atoms with Crippen molar-refractivity contribution in [2.75, 3.05) is 11.9 Å². The first kappa shape index (κ1) is 17.3. The molecule has 6 heteroatoms. The number of ether oxygens (including phenoxy) is 1. The van der Waals surface area contributed by atoms with Crippen molar-refractivity contribution in [3.8, 4) is 11.5 Å². The second-order valence-electron chi connectivity index (χ2n) is 6.64. The zero-order valence-corrected chi connectivity index (χ0v) is 15.2. The standard InChI is InChI=1S/C19H24N4O2/c1-12(2)25-19(24)13(3)23(4)18-14-8-7-10-15(14)21-17(22-18)16-9-5-6-11-20-16/h5-6,9,11-13H,7-8,10H2,1-4H3. The number of fused-ring (bicyclic) bond motifs is 1. The minimum atomic E-state index is -0.418. The number of hydrogen-bond acceptors (Lipinski definition) is 6. The van der Waals surface area contributed by atoms with E-state index >= 15 is 0 Å². The van der Waals surface area contributed by atoms with Crippen LogP contribution in [-0.2, 0) is 22.4 Å². The van der Waals surface area contributed by atoms with Crippen molar-refractivity contribution in [2.45, 2.75) is 52.2 Å². The van der Waals surface area contributed by atoms with Gasteiger partial charge in [0.1, 0.15) is 17.6 Å². The number of pyridine rings is 1. The Bertz CT molecular complexity index is 762. The van der Waals surface area contributed by atoms with E-state index < -0.39 is 6.04 Å². The van der Waals surface area contributed by atoms with Crippen LogP contribution in [0.3, 0.4) is 0 Å². The minimum absolute atomic E-state index is 0.136. The summed E-state index contributed by atoms with van der Waals surface area (Å²) in [6.45, 7) is 5.55. The highest BCUT2D eigenvalue weighted by Crippen LogP contribution is 2.31. The minimum Gasteiger partial charge on any atom is -0.461 e. The fourth-order valence-corrected chi connectivity index (χ4v) is 2.99. The summed E-state index contributed by atoms with van der Waals surface area (Å²) in [5.74, 6) is 1.16. The lowest BCUT2D eigenvalue weighted by Crippen LogP contribution is -2.39. The molecule has 132 valence electrons. The first-order valence-electron chi connectivity index (χ1n) is 8.72. The van der Waals surface area contributed by atoms with E-state index in [1.807, 2.05) is 50.9 Å². The number of carbonyl (C=O) groups is 1. The second-order valence-corrected chi connectivity index (χ2v) is 6.64. The van der Waals surface area contributed by atoms with Gasteiger partial charge in [-0.3, -0.25) is 4.98 Å². The Labute approximate surface area is 148 Å². The third-order valence-corrected chi connectivity index (χ3v) is 4.41. The number of aryl methyl sites for hydroxylation is 1. The average Bonchev–Trinajstić information content (AvgIpc) is 3.08. The molecule has 0 aliphatic heterocycles. The normalized spacial score (nSPS) is 14.3. The van der Waals surface area contributed by atoms with Crippen molar-refractivity contribution in [3.05, 3.63) is 35.7 Å². The molecule has 0 aromatic carbocycles. The van der Waals surface area contributed by atoms with E-state index in [4.69, 9.17) is 14.7 Å². The highest BCUT2D eigenvalue weighted by atomic mass is 16.5. The quantitative estimate of drug-likeness (QED) is 0.780. The molecule has 2 heterocycles. The smallest absolute Gasteiger partial charge is 0.328 e. The highest BCUT2D eigenvalue weighted by Gasteiger charge is 2.28. The fourth-order valence-electron chi connectivity index (χ4n) is 2.99. The van der Waals surface area contributed by atoms with Crippen LogP contribution >= 0.6 is 0 Å². The Balaban J connectivity index is 1.97. The van der Waals surface area contributed by atoms with Crippen LogP contribution in [-0.4, -0.2) is 40.1 Å². The van der Waals surface area contributed by atoms with Gasteiger partial charge >= 0.3 is 5.97 Å². The van der Waals surface area contributed by atoms with Gasteiger partial charge in [-0.1, -0.05) is 6.07 Å². The number of esters is 1. The lowest BCUT2D eigenvalue weighted by molar-refractivity contribution is -0.148. The molecule has 2 aromatic rings. The summed E-state index contributed by atoms with van der Waals surface area (Å²) in [6.07, 6.45) is 4.52. The second kappa shape index (κ2) is 7.17. The van der Waals surface area contributed by atoms with Crippen molar-refractivity contribution < 1.29 is 9.53 Å². The van der Waals surface area contributed by atoms with Gasteiger partial charge in [0.15, 0.2) is 5.82 Å². The van der Waals surface area contributed by atoms with Crippen molar-refractivity contribution in [2.24, 2.45) is 0 Å². The fraction of sp³-hybridized carbons (Fsp3) is 0.474. The molecule has 1 aliphatic carbocycles. The molecule has 0 radical (unpaired) electrons. The molecule has 0 amide bonds. The molecule has 0 spiro atoms. The van der Waals surface area contributed by atoms with Crippen molar-refractivity contribution in [1.29, 1.82) is 0 Å². The molecule has 25 heavy (non-hydrogen) atoms. The van der Waals surface area contributed by atoms with E-state index in [2.05, 4.69) is 4.98 Å². The molecule has 0 N–H and O–H groups in total. The molecular formula is C19H24N4O2. The van der Waals surface area contributed by atoms with E-state index in [9.17, 15) is 4.79 Å². The van der Waals surface area contributed by atoms with Gasteiger partial charge in [-0.15, -0.1) is 0 Å². The van der Waals surface area contributed by atoms with Crippen LogP contribution < -0.4 is 4.90 Å². The number of rotatable bonds is 5. The van der Waals surface area contributed by atoms with E-state index in [1.165, 1.54) is 0 Å². The number of nitrogens with zero attached hydrogens (tertiary/aromatic N) is 4. The van der Waals surface area contributed by atoms with Gasteiger partial charge in [0.25, 0.3) is 0 Å². The number of anilines is 1. The molecule has 0 bridgehead atoms. The molecule has 1 aliphatic rings. The lowest BCUT2D eigenvalue weighted by atomic mass is 10.2. The Hall–Kier alpha value is -2.50. The number of likely N-dealkylation sites (N-methyl/N-ethyl adjacent to an activating group) is 1. The van der Waals surface area contributed by atoms with Gasteiger partial charge in [-0.2, -0.15) is 0 Å². The van der Waals surface area contributed by atoms with Gasteiger partial charge in [0.05, 0.1) is 6.10 Å². The summed E-state index contributed by atoms with van der Waals surface area (Å²) in [4.78, 5) is 28.0. The first-order chi connectivity index (χ1) is 12.0. The highest BCUT2D eigenvalue weighted by molar-refractivity contribution is 5.80. The molecule has 1 atom stereocenters. The maximum Gasteiger partial charge on any atom is 0.328 e. The Kier molecular flexibility index (Phi) is 4.97. The zero-order chi connectivity index (χ0) is 18.0. The third kappa shape index (κ3) is 3.62. The maximum absolute atomic E-state index is 12.3. The Morgan fingerprint density at radius 1 is 1.20 bits per heavy atom. The lowest BCUT2D eigenvalue weighted by Gasteiger charge is -2.27. The van der Waals surface area contributed by atoms with Crippen molar-refractivity contribution in [3.63, 3.8) is 0 Å². The summed E-state index contributed by atoms with van der Waals surface area (Å²) < 4.78 is 5.35. The van der Waals surface area contributed by atoms with Gasteiger partial charge in [-0.05, 0) is 52.2 Å². The van der Waals surface area contributed by atoms with Crippen LogP contribution in [0.5, 0.6) is 0 Å². The van der Waals surface area contributed by atoms with Gasteiger partial charge in [-0.25, -0.2) is 14.8 Å². The van der Waals surface area contributed by atoms with Crippen LogP contribution in [0.1, 0.15) is 38.4 Å². The SMILES string of the molecule is CC(C)OC(=O)C(C)N(C)c1nc(-c2ccccn2)nc2c1CCC2. The number of hydrogen-bond donors (Lipinski definition) is 0. The van der Waals surface area contributed by atoms with Crippen LogP contribution in [0.2, 0.25) is 0 Å². The maximum atomic E-state index is 12.3.